The molecule has 0 bridgehead atoms. The van der Waals surface area contributed by atoms with Crippen molar-refractivity contribution < 1.29 is 19.9 Å². The number of aliphatic hydroxyl groups excluding tert-OH is 1. The topological polar surface area (TPSA) is 126 Å². The first-order valence-electron chi connectivity index (χ1n) is 6.78. The number of aromatic carboxylic acids is 1. The maximum Gasteiger partial charge on any atom is 0.354 e. The van der Waals surface area contributed by atoms with Crippen molar-refractivity contribution in [2.45, 2.75) is 31.8 Å². The molecule has 21 heavy (non-hydrogen) atoms. The van der Waals surface area contributed by atoms with E-state index >= 15 is 0 Å². The average molecular weight is 295 g/mol. The number of pyridine rings is 1. The molecule has 0 aliphatic heterocycles. The molecule has 8 nitrogen and oxygen atoms in total. The molecule has 2 rings (SSSR count). The Bertz CT molecular complexity index is 541. The van der Waals surface area contributed by atoms with Crippen LogP contribution in [0.25, 0.3) is 0 Å². The van der Waals surface area contributed by atoms with Crippen LogP contribution in [0.4, 0.5) is 11.5 Å². The molecule has 1 aliphatic carbocycles. The fourth-order valence-electron chi connectivity index (χ4n) is 2.44. The quantitative estimate of drug-likeness (QED) is 0.557. The summed E-state index contributed by atoms with van der Waals surface area (Å²) in [5.41, 5.74) is -0.474. The number of anilines is 1. The molecule has 114 valence electrons. The summed E-state index contributed by atoms with van der Waals surface area (Å²) in [4.78, 5) is 25.0. The number of carboxylic acids is 1. The minimum Gasteiger partial charge on any atom is -0.477 e. The fourth-order valence-corrected chi connectivity index (χ4v) is 2.44. The highest BCUT2D eigenvalue weighted by atomic mass is 16.6. The molecule has 1 aliphatic rings. The SMILES string of the molecule is O=C(O)c1ccc([N+](=O)[O-])c(NCC2CCC(O)CC2)n1. The van der Waals surface area contributed by atoms with Gasteiger partial charge in [-0.2, -0.15) is 0 Å². The number of aromatic nitrogens is 1. The van der Waals surface area contributed by atoms with Gasteiger partial charge in [0.25, 0.3) is 0 Å². The smallest absolute Gasteiger partial charge is 0.354 e. The van der Waals surface area contributed by atoms with Gasteiger partial charge >= 0.3 is 11.7 Å². The fraction of sp³-hybridized carbons (Fsp3) is 0.538. The van der Waals surface area contributed by atoms with Gasteiger partial charge in [-0.15, -0.1) is 0 Å². The van der Waals surface area contributed by atoms with E-state index in [-0.39, 0.29) is 23.3 Å². The van der Waals surface area contributed by atoms with Crippen molar-refractivity contribution in [2.24, 2.45) is 5.92 Å². The summed E-state index contributed by atoms with van der Waals surface area (Å²) in [6.45, 7) is 0.476. The van der Waals surface area contributed by atoms with Crippen molar-refractivity contribution in [1.29, 1.82) is 0 Å². The van der Waals surface area contributed by atoms with E-state index in [1.54, 1.807) is 0 Å². The van der Waals surface area contributed by atoms with Gasteiger partial charge in [-0.1, -0.05) is 0 Å². The molecule has 1 fully saturated rings. The van der Waals surface area contributed by atoms with Crippen LogP contribution in [0, 0.1) is 16.0 Å². The van der Waals surface area contributed by atoms with Gasteiger partial charge in [-0.3, -0.25) is 10.1 Å². The number of rotatable bonds is 5. The van der Waals surface area contributed by atoms with Crippen LogP contribution < -0.4 is 5.32 Å². The molecule has 0 radical (unpaired) electrons. The molecular weight excluding hydrogens is 278 g/mol. The summed E-state index contributed by atoms with van der Waals surface area (Å²) in [7, 11) is 0. The summed E-state index contributed by atoms with van der Waals surface area (Å²) < 4.78 is 0. The highest BCUT2D eigenvalue weighted by molar-refractivity contribution is 5.86. The van der Waals surface area contributed by atoms with Crippen molar-refractivity contribution in [3.63, 3.8) is 0 Å². The molecule has 0 spiro atoms. The van der Waals surface area contributed by atoms with Crippen molar-refractivity contribution in [1.82, 2.24) is 4.98 Å². The lowest BCUT2D eigenvalue weighted by Crippen LogP contribution is -2.24. The number of nitro groups is 1. The van der Waals surface area contributed by atoms with Gasteiger partial charge < -0.3 is 15.5 Å². The normalized spacial score (nSPS) is 21.8. The Morgan fingerprint density at radius 2 is 2.05 bits per heavy atom. The maximum atomic E-state index is 10.9. The van der Waals surface area contributed by atoms with Crippen molar-refractivity contribution in [3.05, 3.63) is 27.9 Å². The summed E-state index contributed by atoms with van der Waals surface area (Å²) in [5, 5.41) is 32.2. The Hall–Kier alpha value is -2.22. The molecule has 0 atom stereocenters. The molecule has 0 saturated heterocycles. The third kappa shape index (κ3) is 3.88. The number of nitrogens with one attached hydrogen (secondary N) is 1. The van der Waals surface area contributed by atoms with Gasteiger partial charge in [0.15, 0.2) is 5.69 Å². The number of carboxylic acid groups (broad SMARTS) is 1. The van der Waals surface area contributed by atoms with E-state index in [1.807, 2.05) is 0 Å². The second-order valence-electron chi connectivity index (χ2n) is 5.18. The average Bonchev–Trinajstić information content (AvgIpc) is 2.46. The van der Waals surface area contributed by atoms with Crippen LogP contribution in [0.3, 0.4) is 0 Å². The third-order valence-corrected chi connectivity index (χ3v) is 3.66. The zero-order valence-electron chi connectivity index (χ0n) is 11.4. The Labute approximate surface area is 121 Å². The molecule has 1 aromatic rings. The van der Waals surface area contributed by atoms with E-state index in [4.69, 9.17) is 5.11 Å². The molecule has 0 unspecified atom stereocenters. The number of nitrogens with zero attached hydrogens (tertiary/aromatic N) is 2. The zero-order valence-corrected chi connectivity index (χ0v) is 11.4. The Kier molecular flexibility index (Phi) is 4.69. The largest absolute Gasteiger partial charge is 0.477 e. The Balaban J connectivity index is 2.08. The lowest BCUT2D eigenvalue weighted by molar-refractivity contribution is -0.384. The van der Waals surface area contributed by atoms with E-state index in [0.29, 0.717) is 12.5 Å². The van der Waals surface area contributed by atoms with E-state index in [0.717, 1.165) is 37.8 Å². The molecule has 3 N–H and O–H groups in total. The third-order valence-electron chi connectivity index (χ3n) is 3.66. The van der Waals surface area contributed by atoms with E-state index in [2.05, 4.69) is 10.3 Å². The van der Waals surface area contributed by atoms with Crippen LogP contribution in [-0.2, 0) is 0 Å². The molecule has 1 aromatic heterocycles. The summed E-state index contributed by atoms with van der Waals surface area (Å²) in [5.74, 6) is -0.956. The number of aliphatic hydroxyl groups is 1. The predicted molar refractivity (Wildman–Crippen MR) is 74.3 cm³/mol. The van der Waals surface area contributed by atoms with Gasteiger partial charge in [-0.25, -0.2) is 9.78 Å². The highest BCUT2D eigenvalue weighted by Gasteiger charge is 2.22. The minimum absolute atomic E-state index is 0.0222. The van der Waals surface area contributed by atoms with Crippen molar-refractivity contribution in [2.75, 3.05) is 11.9 Å². The first-order chi connectivity index (χ1) is 9.97. The molecule has 0 aromatic carbocycles. The van der Waals surface area contributed by atoms with Crippen molar-refractivity contribution >= 4 is 17.5 Å². The van der Waals surface area contributed by atoms with Gasteiger partial charge in [0.1, 0.15) is 0 Å². The maximum absolute atomic E-state index is 10.9. The minimum atomic E-state index is -1.23. The van der Waals surface area contributed by atoms with Gasteiger partial charge in [-0.05, 0) is 37.7 Å². The van der Waals surface area contributed by atoms with E-state index < -0.39 is 10.9 Å². The zero-order chi connectivity index (χ0) is 15.4. The van der Waals surface area contributed by atoms with E-state index in [1.165, 1.54) is 0 Å². The second-order valence-corrected chi connectivity index (χ2v) is 5.18. The first kappa shape index (κ1) is 15.2. The predicted octanol–water partition coefficient (Wildman–Crippen LogP) is 1.65. The van der Waals surface area contributed by atoms with Crippen LogP contribution in [-0.4, -0.2) is 38.7 Å². The molecule has 0 amide bonds. The molecule has 1 heterocycles. The lowest BCUT2D eigenvalue weighted by atomic mass is 9.87. The lowest BCUT2D eigenvalue weighted by Gasteiger charge is -2.25. The van der Waals surface area contributed by atoms with Gasteiger partial charge in [0, 0.05) is 12.6 Å². The highest BCUT2D eigenvalue weighted by Crippen LogP contribution is 2.27. The Morgan fingerprint density at radius 1 is 1.38 bits per heavy atom. The summed E-state index contributed by atoms with van der Waals surface area (Å²) >= 11 is 0. The molecular formula is C13H17N3O5. The van der Waals surface area contributed by atoms with Crippen LogP contribution in [0.5, 0.6) is 0 Å². The van der Waals surface area contributed by atoms with Crippen LogP contribution in [0.2, 0.25) is 0 Å². The van der Waals surface area contributed by atoms with Gasteiger partial charge in [0.05, 0.1) is 11.0 Å². The number of hydrogen-bond acceptors (Lipinski definition) is 6. The second kappa shape index (κ2) is 6.49. The van der Waals surface area contributed by atoms with Crippen LogP contribution in [0.1, 0.15) is 36.2 Å². The summed E-state index contributed by atoms with van der Waals surface area (Å²) in [6.07, 6.45) is 2.85. The monoisotopic (exact) mass is 295 g/mol. The van der Waals surface area contributed by atoms with Crippen molar-refractivity contribution in [3.8, 4) is 0 Å². The molecule has 1 saturated carbocycles. The summed E-state index contributed by atoms with van der Waals surface area (Å²) in [6, 6.07) is 2.26. The van der Waals surface area contributed by atoms with Crippen LogP contribution >= 0.6 is 0 Å². The molecule has 8 heteroatoms. The van der Waals surface area contributed by atoms with Gasteiger partial charge in [0.2, 0.25) is 5.82 Å². The van der Waals surface area contributed by atoms with Crippen LogP contribution in [0.15, 0.2) is 12.1 Å². The number of hydrogen-bond donors (Lipinski definition) is 3. The standard InChI is InChI=1S/C13H17N3O5/c17-9-3-1-8(2-4-9)7-14-12-11(16(20)21)6-5-10(15-12)13(18)19/h5-6,8-9,17H,1-4,7H2,(H,14,15)(H,18,19). The number of carbonyl (C=O) groups is 1. The van der Waals surface area contributed by atoms with E-state index in [9.17, 15) is 20.0 Å². The first-order valence-corrected chi connectivity index (χ1v) is 6.78. The Morgan fingerprint density at radius 3 is 2.62 bits per heavy atom.